The SMILES string of the molecule is CCNC(=O)Nc1cccc(-c2cnc3cc(-c4ccsc4)ccn23)c1. The van der Waals surface area contributed by atoms with E-state index in [-0.39, 0.29) is 6.03 Å². The Labute approximate surface area is 155 Å². The van der Waals surface area contributed by atoms with Gasteiger partial charge in [0.2, 0.25) is 0 Å². The molecule has 130 valence electrons. The number of hydrogen-bond donors (Lipinski definition) is 2. The molecule has 3 heterocycles. The fourth-order valence-electron chi connectivity index (χ4n) is 2.89. The summed E-state index contributed by atoms with van der Waals surface area (Å²) in [6.45, 7) is 2.48. The predicted molar refractivity (Wildman–Crippen MR) is 107 cm³/mol. The molecule has 0 unspecified atom stereocenters. The number of hydrogen-bond acceptors (Lipinski definition) is 3. The van der Waals surface area contributed by atoms with Gasteiger partial charge in [0.15, 0.2) is 0 Å². The second kappa shape index (κ2) is 7.01. The number of urea groups is 1. The van der Waals surface area contributed by atoms with Crippen LogP contribution in [0.3, 0.4) is 0 Å². The van der Waals surface area contributed by atoms with E-state index in [9.17, 15) is 4.79 Å². The molecule has 0 spiro atoms. The minimum Gasteiger partial charge on any atom is -0.338 e. The second-order valence-electron chi connectivity index (χ2n) is 5.86. The average Bonchev–Trinajstić information content (AvgIpc) is 3.31. The number of anilines is 1. The summed E-state index contributed by atoms with van der Waals surface area (Å²) in [5.74, 6) is 0. The van der Waals surface area contributed by atoms with Crippen LogP contribution in [0.2, 0.25) is 0 Å². The van der Waals surface area contributed by atoms with E-state index in [2.05, 4.69) is 49.0 Å². The van der Waals surface area contributed by atoms with Crippen LogP contribution in [0, 0.1) is 0 Å². The molecule has 0 radical (unpaired) electrons. The van der Waals surface area contributed by atoms with E-state index >= 15 is 0 Å². The molecule has 0 atom stereocenters. The zero-order valence-corrected chi connectivity index (χ0v) is 15.1. The van der Waals surface area contributed by atoms with Crippen molar-refractivity contribution in [3.63, 3.8) is 0 Å². The van der Waals surface area contributed by atoms with Crippen LogP contribution >= 0.6 is 11.3 Å². The first-order valence-corrected chi connectivity index (χ1v) is 9.34. The van der Waals surface area contributed by atoms with Crippen LogP contribution in [0.25, 0.3) is 28.0 Å². The summed E-state index contributed by atoms with van der Waals surface area (Å²) >= 11 is 1.68. The number of thiophene rings is 1. The van der Waals surface area contributed by atoms with Crippen molar-refractivity contribution in [3.8, 4) is 22.4 Å². The normalized spacial score (nSPS) is 10.8. The summed E-state index contributed by atoms with van der Waals surface area (Å²) < 4.78 is 2.06. The van der Waals surface area contributed by atoms with Crippen LogP contribution in [0.4, 0.5) is 10.5 Å². The number of aromatic nitrogens is 2. The van der Waals surface area contributed by atoms with Crippen LogP contribution in [0.5, 0.6) is 0 Å². The van der Waals surface area contributed by atoms with Gasteiger partial charge in [-0.1, -0.05) is 12.1 Å². The van der Waals surface area contributed by atoms with Gasteiger partial charge in [0.05, 0.1) is 11.9 Å². The quantitative estimate of drug-likeness (QED) is 0.544. The summed E-state index contributed by atoms with van der Waals surface area (Å²) in [7, 11) is 0. The lowest BCUT2D eigenvalue weighted by atomic mass is 10.1. The van der Waals surface area contributed by atoms with E-state index in [0.29, 0.717) is 6.54 Å². The molecule has 4 rings (SSSR count). The molecular weight excluding hydrogens is 344 g/mol. The van der Waals surface area contributed by atoms with Crippen LogP contribution in [-0.2, 0) is 0 Å². The molecule has 0 aliphatic heterocycles. The third-order valence-corrected chi connectivity index (χ3v) is 4.80. The Kier molecular flexibility index (Phi) is 4.41. The summed E-state index contributed by atoms with van der Waals surface area (Å²) in [4.78, 5) is 16.3. The van der Waals surface area contributed by atoms with E-state index in [4.69, 9.17) is 0 Å². The number of nitrogens with zero attached hydrogens (tertiary/aromatic N) is 2. The van der Waals surface area contributed by atoms with Gasteiger partial charge in [-0.25, -0.2) is 9.78 Å². The lowest BCUT2D eigenvalue weighted by Gasteiger charge is -2.08. The van der Waals surface area contributed by atoms with Gasteiger partial charge < -0.3 is 10.6 Å². The summed E-state index contributed by atoms with van der Waals surface area (Å²) in [6.07, 6.45) is 3.90. The van der Waals surface area contributed by atoms with Gasteiger partial charge >= 0.3 is 6.03 Å². The molecule has 0 fully saturated rings. The second-order valence-corrected chi connectivity index (χ2v) is 6.64. The number of carbonyl (C=O) groups excluding carboxylic acids is 1. The van der Waals surface area contributed by atoms with Gasteiger partial charge in [0.1, 0.15) is 5.65 Å². The summed E-state index contributed by atoms with van der Waals surface area (Å²) in [6, 6.07) is 13.8. The first-order chi connectivity index (χ1) is 12.7. The maximum Gasteiger partial charge on any atom is 0.319 e. The summed E-state index contributed by atoms with van der Waals surface area (Å²) in [5.41, 5.74) is 5.98. The Morgan fingerprint density at radius 2 is 2.08 bits per heavy atom. The topological polar surface area (TPSA) is 58.4 Å². The van der Waals surface area contributed by atoms with E-state index < -0.39 is 0 Å². The highest BCUT2D eigenvalue weighted by Crippen LogP contribution is 2.27. The van der Waals surface area contributed by atoms with Crippen molar-refractivity contribution in [1.82, 2.24) is 14.7 Å². The Bertz CT molecular complexity index is 1050. The largest absolute Gasteiger partial charge is 0.338 e. The molecule has 0 aliphatic carbocycles. The van der Waals surface area contributed by atoms with E-state index in [1.165, 1.54) is 5.56 Å². The summed E-state index contributed by atoms with van der Waals surface area (Å²) in [5, 5.41) is 9.78. The molecule has 1 aromatic carbocycles. The van der Waals surface area contributed by atoms with E-state index in [1.807, 2.05) is 43.6 Å². The fraction of sp³-hybridized carbons (Fsp3) is 0.100. The molecule has 2 N–H and O–H groups in total. The minimum atomic E-state index is -0.205. The zero-order valence-electron chi connectivity index (χ0n) is 14.3. The number of fused-ring (bicyclic) bond motifs is 1. The maximum atomic E-state index is 11.7. The number of benzene rings is 1. The van der Waals surface area contributed by atoms with Crippen LogP contribution < -0.4 is 10.6 Å². The number of imidazole rings is 1. The van der Waals surface area contributed by atoms with Crippen molar-refractivity contribution in [2.75, 3.05) is 11.9 Å². The smallest absolute Gasteiger partial charge is 0.319 e. The molecule has 0 bridgehead atoms. The van der Waals surface area contributed by atoms with Gasteiger partial charge in [-0.15, -0.1) is 0 Å². The number of rotatable bonds is 4. The first-order valence-electron chi connectivity index (χ1n) is 8.39. The van der Waals surface area contributed by atoms with Gasteiger partial charge in [-0.05, 0) is 59.1 Å². The van der Waals surface area contributed by atoms with Crippen molar-refractivity contribution in [1.29, 1.82) is 0 Å². The molecule has 0 saturated heterocycles. The fourth-order valence-corrected chi connectivity index (χ4v) is 3.56. The minimum absolute atomic E-state index is 0.205. The van der Waals surface area contributed by atoms with Crippen LogP contribution in [0.1, 0.15) is 6.92 Å². The highest BCUT2D eigenvalue weighted by Gasteiger charge is 2.09. The van der Waals surface area contributed by atoms with Crippen LogP contribution in [-0.4, -0.2) is 22.0 Å². The van der Waals surface area contributed by atoms with Crippen LogP contribution in [0.15, 0.2) is 65.6 Å². The standard InChI is InChI=1S/C20H18N4OS/c1-2-21-20(25)23-17-5-3-4-15(10-17)18-12-22-19-11-14(6-8-24(18)19)16-7-9-26-13-16/h3-13H,2H2,1H3,(H2,21,23,25). The van der Waals surface area contributed by atoms with Gasteiger partial charge in [-0.3, -0.25) is 4.40 Å². The molecule has 26 heavy (non-hydrogen) atoms. The molecule has 0 saturated carbocycles. The van der Waals surface area contributed by atoms with E-state index in [1.54, 1.807) is 11.3 Å². The Hall–Kier alpha value is -3.12. The third kappa shape index (κ3) is 3.19. The van der Waals surface area contributed by atoms with Crippen molar-refractivity contribution in [2.24, 2.45) is 0 Å². The lowest BCUT2D eigenvalue weighted by Crippen LogP contribution is -2.28. The predicted octanol–water partition coefficient (Wildman–Crippen LogP) is 4.87. The Morgan fingerprint density at radius 3 is 2.88 bits per heavy atom. The number of amides is 2. The maximum absolute atomic E-state index is 11.7. The van der Waals surface area contributed by atoms with Crippen molar-refractivity contribution >= 4 is 28.7 Å². The molecule has 4 aromatic rings. The first kappa shape index (κ1) is 16.4. The lowest BCUT2D eigenvalue weighted by molar-refractivity contribution is 0.252. The highest BCUT2D eigenvalue weighted by molar-refractivity contribution is 7.08. The molecule has 2 amide bonds. The highest BCUT2D eigenvalue weighted by atomic mass is 32.1. The zero-order chi connectivity index (χ0) is 17.9. The number of carbonyl (C=O) groups is 1. The van der Waals surface area contributed by atoms with Crippen molar-refractivity contribution in [3.05, 3.63) is 65.6 Å². The molecule has 5 nitrogen and oxygen atoms in total. The Morgan fingerprint density at radius 1 is 1.15 bits per heavy atom. The van der Waals surface area contributed by atoms with Crippen molar-refractivity contribution < 1.29 is 4.79 Å². The number of nitrogens with one attached hydrogen (secondary N) is 2. The number of pyridine rings is 1. The molecule has 6 heteroatoms. The van der Waals surface area contributed by atoms with Gasteiger partial charge in [0, 0.05) is 24.0 Å². The molecule has 0 aliphatic rings. The van der Waals surface area contributed by atoms with Gasteiger partial charge in [-0.2, -0.15) is 11.3 Å². The molecular formula is C20H18N4OS. The molecule has 3 aromatic heterocycles. The monoisotopic (exact) mass is 362 g/mol. The van der Waals surface area contributed by atoms with Crippen molar-refractivity contribution in [2.45, 2.75) is 6.92 Å². The van der Waals surface area contributed by atoms with E-state index in [0.717, 1.165) is 28.2 Å². The average molecular weight is 362 g/mol. The Balaban J connectivity index is 1.68. The third-order valence-electron chi connectivity index (χ3n) is 4.12. The van der Waals surface area contributed by atoms with Gasteiger partial charge in [0.25, 0.3) is 0 Å².